The Kier molecular flexibility index (Phi) is 4.68. The topological polar surface area (TPSA) is 56.2 Å². The van der Waals surface area contributed by atoms with Gasteiger partial charge in [0, 0.05) is 19.1 Å². The molecule has 1 N–H and O–H groups in total. The average molecular weight is 396 g/mol. The van der Waals surface area contributed by atoms with Crippen molar-refractivity contribution in [3.8, 4) is 0 Å². The minimum absolute atomic E-state index is 0.00283. The van der Waals surface area contributed by atoms with Crippen molar-refractivity contribution >= 4 is 21.8 Å². The second kappa shape index (κ2) is 6.43. The van der Waals surface area contributed by atoms with Gasteiger partial charge >= 0.3 is 6.18 Å². The van der Waals surface area contributed by atoms with E-state index in [0.29, 0.717) is 18.8 Å². The van der Waals surface area contributed by atoms with Crippen molar-refractivity contribution in [1.82, 2.24) is 15.1 Å². The number of carbonyl (C=O) groups is 1. The van der Waals surface area contributed by atoms with Gasteiger partial charge in [-0.2, -0.15) is 18.3 Å². The Bertz CT molecular complexity index is 593. The first-order valence-corrected chi connectivity index (χ1v) is 8.37. The Morgan fingerprint density at radius 1 is 1.39 bits per heavy atom. The lowest BCUT2D eigenvalue weighted by atomic mass is 10.2. The molecule has 1 saturated heterocycles. The molecule has 128 valence electrons. The molecule has 3 rings (SSSR count). The van der Waals surface area contributed by atoms with E-state index in [4.69, 9.17) is 4.74 Å². The van der Waals surface area contributed by atoms with Crippen LogP contribution < -0.4 is 5.32 Å². The summed E-state index contributed by atoms with van der Waals surface area (Å²) in [5, 5.41) is 6.32. The molecule has 2 heterocycles. The molecule has 2 fully saturated rings. The van der Waals surface area contributed by atoms with Crippen LogP contribution in [0.25, 0.3) is 0 Å². The van der Waals surface area contributed by atoms with Crippen LogP contribution in [0.4, 0.5) is 13.2 Å². The summed E-state index contributed by atoms with van der Waals surface area (Å²) in [5.41, 5.74) is -0.504. The van der Waals surface area contributed by atoms with Crippen LogP contribution in [-0.2, 0) is 22.3 Å². The van der Waals surface area contributed by atoms with Crippen molar-refractivity contribution in [2.75, 3.05) is 13.2 Å². The zero-order valence-electron chi connectivity index (χ0n) is 12.3. The lowest BCUT2D eigenvalue weighted by Crippen LogP contribution is -2.34. The zero-order valence-corrected chi connectivity index (χ0v) is 13.9. The number of nitrogens with zero attached hydrogens (tertiary/aromatic N) is 2. The molecule has 1 amide bonds. The molecule has 23 heavy (non-hydrogen) atoms. The number of rotatable bonds is 5. The van der Waals surface area contributed by atoms with Crippen LogP contribution in [0.3, 0.4) is 0 Å². The molecule has 0 aromatic carbocycles. The number of carbonyl (C=O) groups excluding carboxylic acids is 1. The number of aromatic nitrogens is 2. The fraction of sp³-hybridized carbons (Fsp3) is 0.714. The van der Waals surface area contributed by atoms with Gasteiger partial charge in [0.25, 0.3) is 0 Å². The fourth-order valence-corrected chi connectivity index (χ4v) is 3.56. The number of halogens is 4. The molecular formula is C14H17BrF3N3O2. The first kappa shape index (κ1) is 16.8. The Hall–Kier alpha value is -1.09. The van der Waals surface area contributed by atoms with Gasteiger partial charge in [-0.1, -0.05) is 0 Å². The number of ether oxygens (including phenoxy) is 1. The first-order valence-electron chi connectivity index (χ1n) is 7.58. The molecule has 0 bridgehead atoms. The normalized spacial score (nSPS) is 21.7. The van der Waals surface area contributed by atoms with Gasteiger partial charge in [-0.15, -0.1) is 0 Å². The molecule has 0 radical (unpaired) electrons. The van der Waals surface area contributed by atoms with Gasteiger partial charge in [-0.3, -0.25) is 9.48 Å². The standard InChI is InChI=1S/C14H17BrF3N3O2/c15-11-12(8-3-4-8)21(20-13(11)14(16,17)18)7-10(22)19-6-9-2-1-5-23-9/h8-9H,1-7H2,(H,19,22)/t9-/m0/s1. The van der Waals surface area contributed by atoms with Gasteiger partial charge in [0.15, 0.2) is 5.69 Å². The Morgan fingerprint density at radius 3 is 2.70 bits per heavy atom. The number of alkyl halides is 3. The van der Waals surface area contributed by atoms with Crippen molar-refractivity contribution in [2.45, 2.75) is 50.4 Å². The maximum Gasteiger partial charge on any atom is 0.436 e. The number of hydrogen-bond acceptors (Lipinski definition) is 3. The van der Waals surface area contributed by atoms with Crippen LogP contribution in [0.5, 0.6) is 0 Å². The summed E-state index contributed by atoms with van der Waals surface area (Å²) in [6.45, 7) is 0.854. The quantitative estimate of drug-likeness (QED) is 0.833. The predicted octanol–water partition coefficient (Wildman–Crippen LogP) is 2.84. The molecule has 0 spiro atoms. The highest BCUT2D eigenvalue weighted by Crippen LogP contribution is 2.46. The van der Waals surface area contributed by atoms with Crippen molar-refractivity contribution in [3.63, 3.8) is 0 Å². The largest absolute Gasteiger partial charge is 0.436 e. The SMILES string of the molecule is O=C(Cn1nc(C(F)(F)F)c(Br)c1C1CC1)NC[C@@H]1CCCO1. The van der Waals surface area contributed by atoms with Gasteiger partial charge in [0.1, 0.15) is 6.54 Å². The highest BCUT2D eigenvalue weighted by atomic mass is 79.9. The second-order valence-corrected chi connectivity index (χ2v) is 6.71. The molecule has 1 aromatic rings. The van der Waals surface area contributed by atoms with Crippen LogP contribution >= 0.6 is 15.9 Å². The molecule has 2 aliphatic rings. The van der Waals surface area contributed by atoms with Crippen molar-refractivity contribution in [1.29, 1.82) is 0 Å². The van der Waals surface area contributed by atoms with E-state index >= 15 is 0 Å². The Balaban J connectivity index is 1.69. The smallest absolute Gasteiger partial charge is 0.376 e. The number of nitrogens with one attached hydrogen (secondary N) is 1. The number of hydrogen-bond donors (Lipinski definition) is 1. The Morgan fingerprint density at radius 2 is 2.13 bits per heavy atom. The zero-order chi connectivity index (χ0) is 16.6. The minimum Gasteiger partial charge on any atom is -0.376 e. The van der Waals surface area contributed by atoms with E-state index in [1.54, 1.807) is 0 Å². The molecule has 1 atom stereocenters. The summed E-state index contributed by atoms with van der Waals surface area (Å²) in [5.74, 6) is -0.315. The highest BCUT2D eigenvalue weighted by Gasteiger charge is 2.41. The van der Waals surface area contributed by atoms with E-state index in [0.717, 1.165) is 25.7 Å². The number of amides is 1. The summed E-state index contributed by atoms with van der Waals surface area (Å²) in [6.07, 6.45) is -1.05. The van der Waals surface area contributed by atoms with E-state index in [1.165, 1.54) is 4.68 Å². The van der Waals surface area contributed by atoms with E-state index in [-0.39, 0.29) is 28.9 Å². The van der Waals surface area contributed by atoms with E-state index in [2.05, 4.69) is 26.3 Å². The maximum absolute atomic E-state index is 13.0. The van der Waals surface area contributed by atoms with Crippen LogP contribution in [0.15, 0.2) is 4.47 Å². The molecule has 1 saturated carbocycles. The molecule has 5 nitrogen and oxygen atoms in total. The van der Waals surface area contributed by atoms with Gasteiger partial charge < -0.3 is 10.1 Å². The summed E-state index contributed by atoms with van der Waals surface area (Å²) >= 11 is 3.01. The predicted molar refractivity (Wildman–Crippen MR) is 78.9 cm³/mol. The van der Waals surface area contributed by atoms with Gasteiger partial charge in [-0.05, 0) is 41.6 Å². The third-order valence-electron chi connectivity index (χ3n) is 4.01. The molecular weight excluding hydrogens is 379 g/mol. The van der Waals surface area contributed by atoms with Gasteiger partial charge in [-0.25, -0.2) is 0 Å². The van der Waals surface area contributed by atoms with Crippen molar-refractivity contribution in [3.05, 3.63) is 15.9 Å². The lowest BCUT2D eigenvalue weighted by Gasteiger charge is -2.12. The molecule has 1 aromatic heterocycles. The van der Waals surface area contributed by atoms with Crippen molar-refractivity contribution in [2.24, 2.45) is 0 Å². The van der Waals surface area contributed by atoms with E-state index in [1.807, 2.05) is 0 Å². The molecule has 1 aliphatic heterocycles. The fourth-order valence-electron chi connectivity index (χ4n) is 2.73. The third-order valence-corrected chi connectivity index (χ3v) is 4.79. The maximum atomic E-state index is 13.0. The van der Waals surface area contributed by atoms with Crippen LogP contribution in [0, 0.1) is 0 Å². The lowest BCUT2D eigenvalue weighted by molar-refractivity contribution is -0.142. The van der Waals surface area contributed by atoms with Gasteiger partial charge in [0.05, 0.1) is 16.3 Å². The van der Waals surface area contributed by atoms with Crippen LogP contribution in [0.1, 0.15) is 43.0 Å². The Labute approximate surface area is 139 Å². The molecule has 9 heteroatoms. The first-order chi connectivity index (χ1) is 10.9. The monoisotopic (exact) mass is 395 g/mol. The summed E-state index contributed by atoms with van der Waals surface area (Å²) in [6, 6.07) is 0. The van der Waals surface area contributed by atoms with Gasteiger partial charge in [0.2, 0.25) is 5.91 Å². The highest BCUT2D eigenvalue weighted by molar-refractivity contribution is 9.10. The average Bonchev–Trinajstić information content (AvgIpc) is 3.04. The van der Waals surface area contributed by atoms with Crippen LogP contribution in [0.2, 0.25) is 0 Å². The van der Waals surface area contributed by atoms with Crippen molar-refractivity contribution < 1.29 is 22.7 Å². The second-order valence-electron chi connectivity index (χ2n) is 5.92. The minimum atomic E-state index is -4.54. The van der Waals surface area contributed by atoms with E-state index < -0.39 is 11.9 Å². The van der Waals surface area contributed by atoms with Crippen LogP contribution in [-0.4, -0.2) is 34.9 Å². The van der Waals surface area contributed by atoms with E-state index in [9.17, 15) is 18.0 Å². The summed E-state index contributed by atoms with van der Waals surface area (Å²) in [7, 11) is 0. The molecule has 0 unspecified atom stereocenters. The molecule has 1 aliphatic carbocycles. The summed E-state index contributed by atoms with van der Waals surface area (Å²) < 4.78 is 45.5. The summed E-state index contributed by atoms with van der Waals surface area (Å²) in [4.78, 5) is 12.0. The third kappa shape index (κ3) is 3.88.